The van der Waals surface area contributed by atoms with Crippen LogP contribution in [0.3, 0.4) is 0 Å². The molecule has 3 aliphatic rings. The number of carbonyl (C=O) groups is 1. The van der Waals surface area contributed by atoms with Crippen molar-refractivity contribution in [1.29, 1.82) is 0 Å². The van der Waals surface area contributed by atoms with Crippen LogP contribution in [-0.2, 0) is 9.53 Å². The fourth-order valence-corrected chi connectivity index (χ4v) is 4.04. The highest BCUT2D eigenvalue weighted by Gasteiger charge is 2.46. The molecule has 0 unspecified atom stereocenters. The number of nitrogens with one attached hydrogen (secondary N) is 1. The summed E-state index contributed by atoms with van der Waals surface area (Å²) in [4.78, 5) is 14.9. The van der Waals surface area contributed by atoms with E-state index in [9.17, 15) is 4.79 Å². The number of fused-ring (bicyclic) bond motifs is 2. The standard InChI is InChI=1S/C15H26N2O2.ClH/c1-2-17(10-11-5-7-19-8-6-11)15(18)14-12-3-4-13(14)16-9-12;/h11-14,16H,2-10H2,1H3;1H/t12-,13-,14+;/m0./s1. The van der Waals surface area contributed by atoms with Crippen molar-refractivity contribution < 1.29 is 9.53 Å². The van der Waals surface area contributed by atoms with Crippen molar-refractivity contribution in [2.75, 3.05) is 32.8 Å². The summed E-state index contributed by atoms with van der Waals surface area (Å²) in [6, 6.07) is 0.459. The van der Waals surface area contributed by atoms with Crippen LogP contribution in [0, 0.1) is 17.8 Å². The molecule has 0 radical (unpaired) electrons. The number of halogens is 1. The highest BCUT2D eigenvalue weighted by Crippen LogP contribution is 2.38. The maximum atomic E-state index is 12.8. The van der Waals surface area contributed by atoms with Gasteiger partial charge in [-0.25, -0.2) is 0 Å². The van der Waals surface area contributed by atoms with Gasteiger partial charge in [-0.1, -0.05) is 0 Å². The van der Waals surface area contributed by atoms with Gasteiger partial charge in [-0.2, -0.15) is 0 Å². The van der Waals surface area contributed by atoms with Crippen molar-refractivity contribution in [2.45, 2.75) is 38.6 Å². The Bertz CT molecular complexity index is 314. The van der Waals surface area contributed by atoms with Gasteiger partial charge in [0.25, 0.3) is 0 Å². The molecule has 0 aromatic carbocycles. The number of hydrogen-bond acceptors (Lipinski definition) is 3. The van der Waals surface area contributed by atoms with Crippen molar-refractivity contribution in [1.82, 2.24) is 10.2 Å². The van der Waals surface area contributed by atoms with E-state index in [-0.39, 0.29) is 18.3 Å². The third-order valence-electron chi connectivity index (χ3n) is 5.23. The first-order valence-corrected chi connectivity index (χ1v) is 7.89. The van der Waals surface area contributed by atoms with Gasteiger partial charge in [0.1, 0.15) is 0 Å². The lowest BCUT2D eigenvalue weighted by Crippen LogP contribution is -2.43. The van der Waals surface area contributed by atoms with Crippen LogP contribution in [0.15, 0.2) is 0 Å². The first kappa shape index (κ1) is 16.1. The second-order valence-electron chi connectivity index (χ2n) is 6.31. The third kappa shape index (κ3) is 3.12. The van der Waals surface area contributed by atoms with Gasteiger partial charge in [0.15, 0.2) is 0 Å². The predicted molar refractivity (Wildman–Crippen MR) is 81.0 cm³/mol. The van der Waals surface area contributed by atoms with Gasteiger partial charge in [-0.15, -0.1) is 12.4 Å². The molecule has 5 heteroatoms. The van der Waals surface area contributed by atoms with Crippen LogP contribution in [0.5, 0.6) is 0 Å². The van der Waals surface area contributed by atoms with Crippen LogP contribution in [0.1, 0.15) is 32.6 Å². The van der Waals surface area contributed by atoms with E-state index < -0.39 is 0 Å². The molecule has 0 spiro atoms. The van der Waals surface area contributed by atoms with E-state index in [1.165, 1.54) is 12.8 Å². The third-order valence-corrected chi connectivity index (χ3v) is 5.23. The highest BCUT2D eigenvalue weighted by molar-refractivity contribution is 5.85. The van der Waals surface area contributed by atoms with Crippen molar-refractivity contribution in [3.63, 3.8) is 0 Å². The van der Waals surface area contributed by atoms with Crippen LogP contribution in [0.2, 0.25) is 0 Å². The smallest absolute Gasteiger partial charge is 0.227 e. The summed E-state index contributed by atoms with van der Waals surface area (Å²) in [6.07, 6.45) is 4.65. The van der Waals surface area contributed by atoms with Crippen molar-refractivity contribution in [2.24, 2.45) is 17.8 Å². The van der Waals surface area contributed by atoms with Crippen LogP contribution >= 0.6 is 12.4 Å². The molecule has 2 aliphatic heterocycles. The van der Waals surface area contributed by atoms with E-state index in [1.54, 1.807) is 0 Å². The summed E-state index contributed by atoms with van der Waals surface area (Å²) in [5, 5.41) is 3.50. The Morgan fingerprint density at radius 1 is 1.25 bits per heavy atom. The Balaban J connectivity index is 0.00000147. The number of nitrogens with zero attached hydrogens (tertiary/aromatic N) is 1. The molecular formula is C15H27ClN2O2. The van der Waals surface area contributed by atoms with E-state index in [1.807, 2.05) is 0 Å². The van der Waals surface area contributed by atoms with E-state index in [0.717, 1.165) is 45.7 Å². The summed E-state index contributed by atoms with van der Waals surface area (Å²) in [7, 11) is 0. The Morgan fingerprint density at radius 2 is 2.00 bits per heavy atom. The topological polar surface area (TPSA) is 41.6 Å². The summed E-state index contributed by atoms with van der Waals surface area (Å²) < 4.78 is 5.41. The van der Waals surface area contributed by atoms with Crippen LogP contribution in [0.25, 0.3) is 0 Å². The SMILES string of the molecule is CCN(CC1CCOCC1)C(=O)[C@@H]1[C@H]2CC[C@@H]1NC2.Cl. The highest BCUT2D eigenvalue weighted by atomic mass is 35.5. The molecule has 1 N–H and O–H groups in total. The predicted octanol–water partition coefficient (Wildman–Crippen LogP) is 1.68. The van der Waals surface area contributed by atoms with E-state index in [4.69, 9.17) is 4.74 Å². The zero-order valence-electron chi connectivity index (χ0n) is 12.3. The number of rotatable bonds is 4. The molecule has 116 valence electrons. The summed E-state index contributed by atoms with van der Waals surface area (Å²) in [5.41, 5.74) is 0. The van der Waals surface area contributed by atoms with Crippen LogP contribution < -0.4 is 5.32 Å². The quantitative estimate of drug-likeness (QED) is 0.859. The number of carbonyl (C=O) groups excluding carboxylic acids is 1. The average molecular weight is 303 g/mol. The van der Waals surface area contributed by atoms with Crippen LogP contribution in [-0.4, -0.2) is 49.7 Å². The number of ether oxygens (including phenoxy) is 1. The Labute approximate surface area is 128 Å². The summed E-state index contributed by atoms with van der Waals surface area (Å²) >= 11 is 0. The normalized spacial score (nSPS) is 33.0. The molecule has 1 saturated carbocycles. The minimum absolute atomic E-state index is 0. The van der Waals surface area contributed by atoms with E-state index in [0.29, 0.717) is 23.8 Å². The summed E-state index contributed by atoms with van der Waals surface area (Å²) in [5.74, 6) is 1.91. The lowest BCUT2D eigenvalue weighted by Gasteiger charge is -2.31. The second-order valence-corrected chi connectivity index (χ2v) is 6.31. The molecule has 2 bridgehead atoms. The van der Waals surface area contributed by atoms with Gasteiger partial charge in [0.2, 0.25) is 5.91 Å². The van der Waals surface area contributed by atoms with Gasteiger partial charge in [-0.05, 0) is 51.0 Å². The number of hydrogen-bond donors (Lipinski definition) is 1. The number of piperidine rings is 1. The minimum Gasteiger partial charge on any atom is -0.381 e. The van der Waals surface area contributed by atoms with Gasteiger partial charge in [0, 0.05) is 32.3 Å². The molecule has 0 aromatic heterocycles. The average Bonchev–Trinajstić information content (AvgIpc) is 3.05. The fourth-order valence-electron chi connectivity index (χ4n) is 4.04. The molecule has 3 atom stereocenters. The van der Waals surface area contributed by atoms with Gasteiger partial charge in [-0.3, -0.25) is 4.79 Å². The second kappa shape index (κ2) is 7.10. The zero-order valence-corrected chi connectivity index (χ0v) is 13.2. The van der Waals surface area contributed by atoms with Gasteiger partial charge >= 0.3 is 0 Å². The van der Waals surface area contributed by atoms with E-state index in [2.05, 4.69) is 17.1 Å². The molecule has 0 aromatic rings. The van der Waals surface area contributed by atoms with Crippen molar-refractivity contribution >= 4 is 18.3 Å². The molecule has 20 heavy (non-hydrogen) atoms. The molecule has 1 aliphatic carbocycles. The Hall–Kier alpha value is -0.320. The van der Waals surface area contributed by atoms with E-state index >= 15 is 0 Å². The first-order valence-electron chi connectivity index (χ1n) is 7.89. The largest absolute Gasteiger partial charge is 0.381 e. The fraction of sp³-hybridized carbons (Fsp3) is 0.933. The monoisotopic (exact) mass is 302 g/mol. The zero-order chi connectivity index (χ0) is 13.2. The Morgan fingerprint density at radius 3 is 2.50 bits per heavy atom. The molecule has 2 saturated heterocycles. The molecule has 2 heterocycles. The van der Waals surface area contributed by atoms with Gasteiger partial charge < -0.3 is 15.0 Å². The first-order chi connectivity index (χ1) is 9.29. The van der Waals surface area contributed by atoms with Gasteiger partial charge in [0.05, 0.1) is 5.92 Å². The summed E-state index contributed by atoms with van der Waals surface area (Å²) in [6.45, 7) is 6.69. The lowest BCUT2D eigenvalue weighted by atomic mass is 9.94. The minimum atomic E-state index is 0. The molecule has 3 fully saturated rings. The molecular weight excluding hydrogens is 276 g/mol. The maximum Gasteiger partial charge on any atom is 0.227 e. The number of amides is 1. The Kier molecular flexibility index (Phi) is 5.70. The lowest BCUT2D eigenvalue weighted by molar-refractivity contribution is -0.137. The van der Waals surface area contributed by atoms with Crippen LogP contribution in [0.4, 0.5) is 0 Å². The molecule has 4 nitrogen and oxygen atoms in total. The van der Waals surface area contributed by atoms with Crippen molar-refractivity contribution in [3.8, 4) is 0 Å². The maximum absolute atomic E-state index is 12.8. The van der Waals surface area contributed by atoms with Crippen molar-refractivity contribution in [3.05, 3.63) is 0 Å². The molecule has 3 rings (SSSR count). The molecule has 1 amide bonds.